The van der Waals surface area contributed by atoms with Crippen LogP contribution in [0.5, 0.6) is 0 Å². The lowest BCUT2D eigenvalue weighted by Crippen LogP contribution is -2.38. The van der Waals surface area contributed by atoms with Crippen LogP contribution in [0.1, 0.15) is 17.0 Å². The average Bonchev–Trinajstić information content (AvgIpc) is 2.98. The molecule has 0 spiro atoms. The van der Waals surface area contributed by atoms with Crippen molar-refractivity contribution in [3.8, 4) is 0 Å². The molecule has 2 aliphatic heterocycles. The van der Waals surface area contributed by atoms with Gasteiger partial charge >= 0.3 is 11.7 Å². The van der Waals surface area contributed by atoms with Crippen molar-refractivity contribution in [3.63, 3.8) is 0 Å². The number of aromatic nitrogens is 2. The molecule has 2 N–H and O–H groups in total. The van der Waals surface area contributed by atoms with Crippen molar-refractivity contribution in [2.45, 2.75) is 12.5 Å². The number of nitrogens with zero attached hydrogens (tertiary/aromatic N) is 1. The van der Waals surface area contributed by atoms with Crippen molar-refractivity contribution < 1.29 is 13.9 Å². The van der Waals surface area contributed by atoms with Crippen molar-refractivity contribution in [2.24, 2.45) is 0 Å². The van der Waals surface area contributed by atoms with Gasteiger partial charge in [0.05, 0.1) is 22.8 Å². The summed E-state index contributed by atoms with van der Waals surface area (Å²) in [6.45, 7) is 3.80. The molecule has 0 fully saturated rings. The van der Waals surface area contributed by atoms with E-state index in [2.05, 4.69) is 16.9 Å². The fourth-order valence-electron chi connectivity index (χ4n) is 3.38. The van der Waals surface area contributed by atoms with Crippen LogP contribution in [0.15, 0.2) is 57.8 Å². The van der Waals surface area contributed by atoms with Crippen LogP contribution in [0.25, 0.3) is 0 Å². The fraction of sp³-hybridized carbons (Fsp3) is 0.167. The Morgan fingerprint density at radius 1 is 1.27 bits per heavy atom. The van der Waals surface area contributed by atoms with E-state index in [1.54, 1.807) is 0 Å². The van der Waals surface area contributed by atoms with Crippen LogP contribution >= 0.6 is 0 Å². The summed E-state index contributed by atoms with van der Waals surface area (Å²) in [5.41, 5.74) is 0.329. The predicted octanol–water partition coefficient (Wildman–Crippen LogP) is 1.23. The quantitative estimate of drug-likeness (QED) is 0.638. The highest BCUT2D eigenvalue weighted by Gasteiger charge is 2.41. The van der Waals surface area contributed by atoms with E-state index in [9.17, 15) is 18.8 Å². The molecule has 4 rings (SSSR count). The molecule has 8 heteroatoms. The number of H-pyrrole nitrogens is 1. The van der Waals surface area contributed by atoms with Crippen LogP contribution < -0.4 is 16.6 Å². The summed E-state index contributed by atoms with van der Waals surface area (Å²) in [4.78, 5) is 39.3. The highest BCUT2D eigenvalue weighted by atomic mass is 19.1. The van der Waals surface area contributed by atoms with Crippen molar-refractivity contribution in [1.82, 2.24) is 9.55 Å². The smallest absolute Gasteiger partial charge is 0.337 e. The van der Waals surface area contributed by atoms with Gasteiger partial charge in [-0.1, -0.05) is 18.2 Å². The number of allylic oxidation sites excluding steroid dienone is 1. The first kappa shape index (κ1) is 16.1. The number of aromatic amines is 1. The molecule has 1 atom stereocenters. The molecule has 0 unspecified atom stereocenters. The molecule has 1 aromatic heterocycles. The Labute approximate surface area is 146 Å². The van der Waals surface area contributed by atoms with Gasteiger partial charge in [0.25, 0.3) is 5.56 Å². The number of carbonyl (C=O) groups is 1. The second-order valence-corrected chi connectivity index (χ2v) is 6.00. The number of carbonyl (C=O) groups excluding carboxylic acids is 1. The van der Waals surface area contributed by atoms with Crippen molar-refractivity contribution in [2.75, 3.05) is 11.9 Å². The number of fused-ring (bicyclic) bond motifs is 1. The van der Waals surface area contributed by atoms with Gasteiger partial charge in [-0.2, -0.15) is 0 Å². The number of anilines is 1. The lowest BCUT2D eigenvalue weighted by atomic mass is 9.83. The molecule has 7 nitrogen and oxygen atoms in total. The van der Waals surface area contributed by atoms with Gasteiger partial charge in [0.1, 0.15) is 18.2 Å². The number of hydrogen-bond acceptors (Lipinski definition) is 5. The van der Waals surface area contributed by atoms with E-state index in [4.69, 9.17) is 4.74 Å². The maximum atomic E-state index is 13.4. The summed E-state index contributed by atoms with van der Waals surface area (Å²) in [6.07, 6.45) is 1.52. The molecule has 2 aromatic rings. The Morgan fingerprint density at radius 3 is 2.69 bits per heavy atom. The molecular formula is C18H14FN3O4. The predicted molar refractivity (Wildman–Crippen MR) is 91.4 cm³/mol. The summed E-state index contributed by atoms with van der Waals surface area (Å²) in [5, 5.41) is 2.99. The van der Waals surface area contributed by atoms with Gasteiger partial charge in [0.2, 0.25) is 0 Å². The Bertz CT molecular complexity index is 1080. The van der Waals surface area contributed by atoms with Gasteiger partial charge in [-0.15, -0.1) is 6.58 Å². The first-order valence-corrected chi connectivity index (χ1v) is 7.92. The van der Waals surface area contributed by atoms with Crippen LogP contribution in [0.3, 0.4) is 0 Å². The van der Waals surface area contributed by atoms with Crippen LogP contribution in [0.2, 0.25) is 0 Å². The SMILES string of the molecule is C=CCn1c2c(c(=O)[nH]c1=O)[C@@H](c1ccc(F)cc1)C1=C(COC1=O)N2. The van der Waals surface area contributed by atoms with Crippen LogP contribution in [0.4, 0.5) is 10.2 Å². The standard InChI is InChI=1S/C18H14FN3O4/c1-2-7-22-15-14(16(23)21-18(22)25)12(9-3-5-10(19)6-4-9)13-11(20-15)8-26-17(13)24/h2-6,12,20H,1,7-8H2,(H,21,23,25)/t12-/m0/s1. The molecule has 26 heavy (non-hydrogen) atoms. The summed E-state index contributed by atoms with van der Waals surface area (Å²) in [7, 11) is 0. The van der Waals surface area contributed by atoms with Crippen molar-refractivity contribution in [3.05, 3.63) is 86.0 Å². The minimum Gasteiger partial charge on any atom is -0.456 e. The Balaban J connectivity index is 2.04. The first-order valence-electron chi connectivity index (χ1n) is 7.92. The summed E-state index contributed by atoms with van der Waals surface area (Å²) < 4.78 is 19.8. The molecular weight excluding hydrogens is 341 g/mol. The highest BCUT2D eigenvalue weighted by molar-refractivity contribution is 5.96. The second kappa shape index (κ2) is 5.83. The van der Waals surface area contributed by atoms with Gasteiger partial charge in [0.15, 0.2) is 0 Å². The number of hydrogen-bond donors (Lipinski definition) is 2. The van der Waals surface area contributed by atoms with E-state index >= 15 is 0 Å². The van der Waals surface area contributed by atoms with Gasteiger partial charge < -0.3 is 10.1 Å². The zero-order valence-electron chi connectivity index (χ0n) is 13.5. The van der Waals surface area contributed by atoms with Crippen LogP contribution in [0, 0.1) is 5.82 Å². The molecule has 0 bridgehead atoms. The number of benzene rings is 1. The average molecular weight is 355 g/mol. The molecule has 0 aliphatic carbocycles. The Kier molecular flexibility index (Phi) is 3.61. The molecule has 0 saturated carbocycles. The van der Waals surface area contributed by atoms with Crippen molar-refractivity contribution >= 4 is 11.8 Å². The topological polar surface area (TPSA) is 93.2 Å². The van der Waals surface area contributed by atoms with Crippen molar-refractivity contribution in [1.29, 1.82) is 0 Å². The Hall–Kier alpha value is -3.42. The first-order chi connectivity index (χ1) is 12.5. The van der Waals surface area contributed by atoms with Gasteiger partial charge in [-0.25, -0.2) is 14.0 Å². The summed E-state index contributed by atoms with van der Waals surface area (Å²) in [6, 6.07) is 5.53. The Morgan fingerprint density at radius 2 is 2.00 bits per heavy atom. The van der Waals surface area contributed by atoms with E-state index in [0.717, 1.165) is 0 Å². The third kappa shape index (κ3) is 2.30. The molecule has 132 valence electrons. The maximum Gasteiger partial charge on any atom is 0.337 e. The summed E-state index contributed by atoms with van der Waals surface area (Å²) in [5.74, 6) is -1.47. The van der Waals surface area contributed by atoms with Gasteiger partial charge in [0, 0.05) is 6.54 Å². The van der Waals surface area contributed by atoms with Crippen LogP contribution in [-0.2, 0) is 16.1 Å². The maximum absolute atomic E-state index is 13.4. The molecule has 0 saturated heterocycles. The number of esters is 1. The third-order valence-corrected chi connectivity index (χ3v) is 4.49. The monoisotopic (exact) mass is 355 g/mol. The highest BCUT2D eigenvalue weighted by Crippen LogP contribution is 2.42. The molecule has 1 aromatic carbocycles. The van der Waals surface area contributed by atoms with E-state index in [1.807, 2.05) is 0 Å². The van der Waals surface area contributed by atoms with E-state index in [1.165, 1.54) is 34.9 Å². The molecule has 0 radical (unpaired) electrons. The van der Waals surface area contributed by atoms with Gasteiger partial charge in [-0.05, 0) is 17.7 Å². The number of halogens is 1. The number of cyclic esters (lactones) is 1. The summed E-state index contributed by atoms with van der Waals surface area (Å²) >= 11 is 0. The minimum absolute atomic E-state index is 0.0143. The fourth-order valence-corrected chi connectivity index (χ4v) is 3.38. The normalized spacial score (nSPS) is 18.0. The minimum atomic E-state index is -0.766. The molecule has 3 heterocycles. The van der Waals surface area contributed by atoms with Crippen LogP contribution in [-0.4, -0.2) is 22.1 Å². The zero-order chi connectivity index (χ0) is 18.4. The van der Waals surface area contributed by atoms with E-state index in [-0.39, 0.29) is 24.5 Å². The number of rotatable bonds is 3. The van der Waals surface area contributed by atoms with E-state index in [0.29, 0.717) is 16.8 Å². The second-order valence-electron chi connectivity index (χ2n) is 6.00. The molecule has 0 amide bonds. The molecule has 2 aliphatic rings. The number of ether oxygens (including phenoxy) is 1. The van der Waals surface area contributed by atoms with Gasteiger partial charge in [-0.3, -0.25) is 14.3 Å². The number of nitrogens with one attached hydrogen (secondary N) is 2. The lowest BCUT2D eigenvalue weighted by molar-refractivity contribution is -0.136. The zero-order valence-corrected chi connectivity index (χ0v) is 13.5. The lowest BCUT2D eigenvalue weighted by Gasteiger charge is -2.27. The third-order valence-electron chi connectivity index (χ3n) is 4.49. The largest absolute Gasteiger partial charge is 0.456 e. The van der Waals surface area contributed by atoms with E-state index < -0.39 is 29.0 Å².